The van der Waals surface area contributed by atoms with Crippen molar-refractivity contribution < 1.29 is 8.42 Å². The third-order valence-corrected chi connectivity index (χ3v) is 5.77. The van der Waals surface area contributed by atoms with Crippen molar-refractivity contribution in [2.75, 3.05) is 16.8 Å². The predicted octanol–water partition coefficient (Wildman–Crippen LogP) is 2.84. The lowest BCUT2D eigenvalue weighted by atomic mass is 10.2. The van der Waals surface area contributed by atoms with Crippen LogP contribution in [0.4, 0.5) is 5.13 Å². The van der Waals surface area contributed by atoms with E-state index in [0.29, 0.717) is 0 Å². The van der Waals surface area contributed by atoms with Gasteiger partial charge in [0.05, 0.1) is 16.0 Å². The quantitative estimate of drug-likeness (QED) is 0.922. The number of nitrogens with zero attached hydrogens (tertiary/aromatic N) is 1. The molecule has 1 unspecified atom stereocenters. The van der Waals surface area contributed by atoms with Crippen molar-refractivity contribution in [2.45, 2.75) is 26.8 Å². The summed E-state index contributed by atoms with van der Waals surface area (Å²) in [5.41, 5.74) is 2.12. The Labute approximate surface area is 117 Å². The Morgan fingerprint density at radius 1 is 1.42 bits per heavy atom. The van der Waals surface area contributed by atoms with Gasteiger partial charge in [-0.3, -0.25) is 0 Å². The van der Waals surface area contributed by atoms with E-state index in [1.807, 2.05) is 32.0 Å². The molecule has 0 fully saturated rings. The van der Waals surface area contributed by atoms with Crippen molar-refractivity contribution in [2.24, 2.45) is 0 Å². The fourth-order valence-corrected chi connectivity index (χ4v) is 4.04. The van der Waals surface area contributed by atoms with Crippen molar-refractivity contribution in [3.8, 4) is 0 Å². The highest BCUT2D eigenvalue weighted by atomic mass is 32.2. The van der Waals surface area contributed by atoms with E-state index in [1.54, 1.807) is 18.3 Å². The Balaban J connectivity index is 2.16. The first-order chi connectivity index (χ1) is 8.91. The maximum Gasteiger partial charge on any atom is 0.184 e. The Bertz CT molecular complexity index is 677. The maximum absolute atomic E-state index is 11.6. The predicted molar refractivity (Wildman–Crippen MR) is 81.8 cm³/mol. The van der Waals surface area contributed by atoms with Crippen LogP contribution in [0.25, 0.3) is 10.2 Å². The molecule has 0 radical (unpaired) electrons. The van der Waals surface area contributed by atoms with Crippen molar-refractivity contribution in [1.82, 2.24) is 4.98 Å². The number of rotatable bonds is 5. The zero-order valence-corrected chi connectivity index (χ0v) is 12.9. The second-order valence-electron chi connectivity index (χ2n) is 4.68. The molecule has 0 amide bonds. The molecule has 1 aromatic carbocycles. The van der Waals surface area contributed by atoms with Gasteiger partial charge in [-0.15, -0.1) is 0 Å². The van der Waals surface area contributed by atoms with E-state index in [4.69, 9.17) is 0 Å². The molecule has 0 aliphatic carbocycles. The Hall–Kier alpha value is -1.14. The number of sulfone groups is 1. The van der Waals surface area contributed by atoms with Gasteiger partial charge in [-0.2, -0.15) is 0 Å². The zero-order chi connectivity index (χ0) is 14.0. The molecule has 19 heavy (non-hydrogen) atoms. The van der Waals surface area contributed by atoms with Gasteiger partial charge in [-0.25, -0.2) is 13.4 Å². The molecule has 1 atom stereocenters. The summed E-state index contributed by atoms with van der Waals surface area (Å²) in [5, 5.41) is 3.96. The van der Waals surface area contributed by atoms with Gasteiger partial charge in [-0.05, 0) is 25.5 Å². The average molecular weight is 298 g/mol. The number of aromatic nitrogens is 1. The molecular weight excluding hydrogens is 280 g/mol. The van der Waals surface area contributed by atoms with E-state index in [1.165, 1.54) is 0 Å². The summed E-state index contributed by atoms with van der Waals surface area (Å²) in [4.78, 5) is 4.52. The van der Waals surface area contributed by atoms with Gasteiger partial charge >= 0.3 is 0 Å². The topological polar surface area (TPSA) is 59.1 Å². The number of hydrogen-bond donors (Lipinski definition) is 1. The fraction of sp³-hybridized carbons (Fsp3) is 0.462. The van der Waals surface area contributed by atoms with Gasteiger partial charge in [0, 0.05) is 11.8 Å². The summed E-state index contributed by atoms with van der Waals surface area (Å²) < 4.78 is 24.3. The van der Waals surface area contributed by atoms with Gasteiger partial charge in [0.2, 0.25) is 0 Å². The molecule has 104 valence electrons. The molecule has 0 aliphatic heterocycles. The molecule has 4 nitrogen and oxygen atoms in total. The molecule has 0 spiro atoms. The first kappa shape index (κ1) is 14.3. The molecule has 6 heteroatoms. The van der Waals surface area contributed by atoms with Crippen molar-refractivity contribution >= 4 is 36.5 Å². The Morgan fingerprint density at radius 3 is 2.79 bits per heavy atom. The van der Waals surface area contributed by atoms with Crippen LogP contribution < -0.4 is 5.32 Å². The Kier molecular flexibility index (Phi) is 4.10. The number of nitrogens with one attached hydrogen (secondary N) is 1. The number of para-hydroxylation sites is 1. The summed E-state index contributed by atoms with van der Waals surface area (Å²) in [6.07, 6.45) is 0. The fourth-order valence-electron chi connectivity index (χ4n) is 1.90. The summed E-state index contributed by atoms with van der Waals surface area (Å²) in [7, 11) is -2.96. The SMILES string of the molecule is CCS(=O)(=O)CC(C)Nc1nc2c(C)cccc2s1. The number of aryl methyl sites for hydroxylation is 1. The summed E-state index contributed by atoms with van der Waals surface area (Å²) in [6, 6.07) is 5.92. The lowest BCUT2D eigenvalue weighted by molar-refractivity contribution is 0.593. The van der Waals surface area contributed by atoms with Crippen LogP contribution in [0, 0.1) is 6.92 Å². The molecular formula is C13H18N2O2S2. The van der Waals surface area contributed by atoms with Crippen molar-refractivity contribution in [3.05, 3.63) is 23.8 Å². The highest BCUT2D eigenvalue weighted by molar-refractivity contribution is 7.91. The van der Waals surface area contributed by atoms with Crippen LogP contribution in [0.2, 0.25) is 0 Å². The smallest absolute Gasteiger partial charge is 0.184 e. The largest absolute Gasteiger partial charge is 0.358 e. The molecule has 0 saturated heterocycles. The minimum absolute atomic E-state index is 0.134. The van der Waals surface area contributed by atoms with E-state index >= 15 is 0 Å². The molecule has 0 aliphatic rings. The van der Waals surface area contributed by atoms with Crippen molar-refractivity contribution in [3.63, 3.8) is 0 Å². The Morgan fingerprint density at radius 2 is 2.16 bits per heavy atom. The second kappa shape index (κ2) is 5.46. The van der Waals surface area contributed by atoms with Crippen LogP contribution in [-0.4, -0.2) is 30.9 Å². The summed E-state index contributed by atoms with van der Waals surface area (Å²) in [5.74, 6) is 0.316. The van der Waals surface area contributed by atoms with E-state index in [9.17, 15) is 8.42 Å². The number of anilines is 1. The van der Waals surface area contributed by atoms with Crippen LogP contribution in [0.5, 0.6) is 0 Å². The van der Waals surface area contributed by atoms with Crippen molar-refractivity contribution in [1.29, 1.82) is 0 Å². The highest BCUT2D eigenvalue weighted by Gasteiger charge is 2.15. The highest BCUT2D eigenvalue weighted by Crippen LogP contribution is 2.28. The first-order valence-corrected chi connectivity index (χ1v) is 8.88. The molecule has 2 rings (SSSR count). The third-order valence-electron chi connectivity index (χ3n) is 2.93. The second-order valence-corrected chi connectivity index (χ2v) is 8.11. The number of benzene rings is 1. The van der Waals surface area contributed by atoms with Gasteiger partial charge in [-0.1, -0.05) is 30.4 Å². The van der Waals surface area contributed by atoms with Crippen LogP contribution in [0.3, 0.4) is 0 Å². The molecule has 0 bridgehead atoms. The number of thiazole rings is 1. The normalized spacial score (nSPS) is 13.6. The van der Waals surface area contributed by atoms with E-state index in [-0.39, 0.29) is 17.5 Å². The first-order valence-electron chi connectivity index (χ1n) is 6.24. The minimum Gasteiger partial charge on any atom is -0.358 e. The number of hydrogen-bond acceptors (Lipinski definition) is 5. The monoisotopic (exact) mass is 298 g/mol. The van der Waals surface area contributed by atoms with E-state index in [0.717, 1.165) is 20.9 Å². The summed E-state index contributed by atoms with van der Waals surface area (Å²) in [6.45, 7) is 5.56. The summed E-state index contributed by atoms with van der Waals surface area (Å²) >= 11 is 1.56. The van der Waals surface area contributed by atoms with Crippen LogP contribution in [0.15, 0.2) is 18.2 Å². The average Bonchev–Trinajstić information content (AvgIpc) is 2.72. The molecule has 1 aromatic heterocycles. The molecule has 1 heterocycles. The lowest BCUT2D eigenvalue weighted by Gasteiger charge is -2.12. The lowest BCUT2D eigenvalue weighted by Crippen LogP contribution is -2.26. The van der Waals surface area contributed by atoms with Gasteiger partial charge in [0.15, 0.2) is 15.0 Å². The van der Waals surface area contributed by atoms with Crippen LogP contribution >= 0.6 is 11.3 Å². The number of fused-ring (bicyclic) bond motifs is 1. The van der Waals surface area contributed by atoms with E-state index in [2.05, 4.69) is 10.3 Å². The van der Waals surface area contributed by atoms with Gasteiger partial charge in [0.25, 0.3) is 0 Å². The van der Waals surface area contributed by atoms with E-state index < -0.39 is 9.84 Å². The standard InChI is InChI=1S/C13H18N2O2S2/c1-4-19(16,17)8-10(3)14-13-15-12-9(2)6-5-7-11(12)18-13/h5-7,10H,4,8H2,1-3H3,(H,14,15). The third kappa shape index (κ3) is 3.45. The minimum atomic E-state index is -2.96. The molecule has 2 aromatic rings. The van der Waals surface area contributed by atoms with Crippen LogP contribution in [-0.2, 0) is 9.84 Å². The van der Waals surface area contributed by atoms with Gasteiger partial charge in [0.1, 0.15) is 0 Å². The zero-order valence-electron chi connectivity index (χ0n) is 11.3. The maximum atomic E-state index is 11.6. The van der Waals surface area contributed by atoms with Crippen LogP contribution in [0.1, 0.15) is 19.4 Å². The molecule has 1 N–H and O–H groups in total. The van der Waals surface area contributed by atoms with Gasteiger partial charge < -0.3 is 5.32 Å². The molecule has 0 saturated carbocycles.